The van der Waals surface area contributed by atoms with Crippen LogP contribution in [0.1, 0.15) is 126 Å². The molecular weight excluding hydrogens is 1180 g/mol. The maximum atomic E-state index is 14.3. The van der Waals surface area contributed by atoms with Gasteiger partial charge in [-0.1, -0.05) is 80.0 Å². The zero-order valence-corrected chi connectivity index (χ0v) is 52.3. The van der Waals surface area contributed by atoms with Crippen LogP contribution < -0.4 is 70.4 Å². The Hall–Kier alpha value is -8.78. The van der Waals surface area contributed by atoms with Crippen molar-refractivity contribution in [1.29, 1.82) is 0 Å². The number of carbonyl (C=O) groups excluding carboxylic acids is 11. The Kier molecular flexibility index (Phi) is 32.6. The molecule has 12 atom stereocenters. The van der Waals surface area contributed by atoms with Gasteiger partial charge in [0.25, 0.3) is 0 Å². The van der Waals surface area contributed by atoms with Gasteiger partial charge in [0.15, 0.2) is 0 Å². The van der Waals surface area contributed by atoms with Crippen LogP contribution in [0.5, 0.6) is 0 Å². The van der Waals surface area contributed by atoms with E-state index in [1.54, 1.807) is 53.8 Å². The van der Waals surface area contributed by atoms with Crippen LogP contribution in [0.2, 0.25) is 0 Å². The molecule has 2 rings (SSSR count). The summed E-state index contributed by atoms with van der Waals surface area (Å²) in [6.45, 7) is 13.2. The highest BCUT2D eigenvalue weighted by Crippen LogP contribution is 2.19. The van der Waals surface area contributed by atoms with Crippen molar-refractivity contribution in [2.45, 2.75) is 193 Å². The molecule has 0 unspecified atom stereocenters. The number of carboxylic acid groups (broad SMARTS) is 3. The van der Waals surface area contributed by atoms with Crippen molar-refractivity contribution in [3.63, 3.8) is 0 Å². The van der Waals surface area contributed by atoms with E-state index in [0.717, 1.165) is 17.8 Å². The number of aliphatic hydroxyl groups excluding tert-OH is 1. The number of aliphatic hydroxyl groups is 1. The molecule has 1 aromatic carbocycles. The summed E-state index contributed by atoms with van der Waals surface area (Å²) in [4.78, 5) is 188. The minimum Gasteiger partial charge on any atom is -0.481 e. The maximum absolute atomic E-state index is 14.3. The first-order valence-electron chi connectivity index (χ1n) is 29.7. The summed E-state index contributed by atoms with van der Waals surface area (Å²) in [5.41, 5.74) is 18.8. The molecule has 0 fully saturated rings. The van der Waals surface area contributed by atoms with Gasteiger partial charge in [0, 0.05) is 17.1 Å². The van der Waals surface area contributed by atoms with E-state index < -0.39 is 187 Å². The number of aliphatic carboxylic acids is 3. The number of carboxylic acids is 3. The van der Waals surface area contributed by atoms with Gasteiger partial charge >= 0.3 is 17.9 Å². The summed E-state index contributed by atoms with van der Waals surface area (Å²) in [7, 11) is 0. The molecule has 0 saturated heterocycles. The third-order valence-corrected chi connectivity index (χ3v) is 14.4. The molecule has 502 valence electrons. The zero-order valence-electron chi connectivity index (χ0n) is 52.3. The van der Waals surface area contributed by atoms with Crippen molar-refractivity contribution in [2.24, 2.45) is 40.9 Å². The molecule has 90 heavy (non-hydrogen) atoms. The van der Waals surface area contributed by atoms with Crippen LogP contribution in [-0.2, 0) is 73.5 Å². The van der Waals surface area contributed by atoms with Crippen molar-refractivity contribution < 1.29 is 87.5 Å². The van der Waals surface area contributed by atoms with Gasteiger partial charge in [-0.2, -0.15) is 0 Å². The number of fused-ring (bicyclic) bond motifs is 1. The monoisotopic (exact) mass is 1270 g/mol. The van der Waals surface area contributed by atoms with Gasteiger partial charge in [-0.3, -0.25) is 62.3 Å². The predicted octanol–water partition coefficient (Wildman–Crippen LogP) is -3.27. The van der Waals surface area contributed by atoms with Crippen LogP contribution in [0.3, 0.4) is 0 Å². The Balaban J connectivity index is 2.33. The molecule has 0 aliphatic carbocycles. The number of hydrogen-bond acceptors (Lipinski definition) is 17. The first-order valence-corrected chi connectivity index (χ1v) is 29.7. The third kappa shape index (κ3) is 26.1. The normalized spacial score (nSPS) is 15.3. The molecule has 0 radical (unpaired) electrons. The standard InChI is InChI=1S/C58H92N14O18/c1-10-30(8)47(57(88)69-40(23-44(75)76)51(82)63-31(9)48(79)65-37(19-27(2)3)53(84)68-41(24-45(77)78)55(86)71-46(29(6)7)58(89)90)72-50(81)36(17-13-14-18-59)64-52(83)38(20-28(4)5)67-56(87)42(26-73)70-54(85)39(22-43(61)74)66-49(80)34(60)21-32-25-62-35-16-12-11-15-33(32)35/h11-12,15-16,25,27-31,34,36-42,46-47,62,73H,10,13-14,17-24,26,59-60H2,1-9H3,(H2,61,74)(H,63,82)(H,64,83)(H,65,79)(H,66,80)(H,67,87)(H,68,84)(H,69,88)(H,70,85)(H,71,86)(H,72,81)(H,75,76)(H,77,78)(H,89,90)/t30-,31-,34-,36-,37-,38-,39-,40-,41-,42-,46-,47-/m0/s1. The SMILES string of the molecule is CC[C@H](C)[C@H](NC(=O)[C@H](CCCCN)NC(=O)[C@H](CC(C)C)NC(=O)[C@H](CO)NC(=O)[C@H](CC(N)=O)NC(=O)[C@@H](N)Cc1c[nH]c2ccccc12)C(=O)N[C@@H](CC(=O)O)C(=O)N[C@@H](C)C(=O)N[C@@H](CC(C)C)C(=O)N[C@@H](CC(=O)O)C(=O)N[C@H](C(=O)O)C(C)C. The second kappa shape index (κ2) is 37.9. The van der Waals surface area contributed by atoms with Crippen molar-refractivity contribution in [3.05, 3.63) is 36.0 Å². The molecule has 0 aliphatic heterocycles. The quantitative estimate of drug-likeness (QED) is 0.0291. The third-order valence-electron chi connectivity index (χ3n) is 14.4. The second-order valence-corrected chi connectivity index (χ2v) is 23.4. The fraction of sp³-hybridized carbons (Fsp3) is 0.621. The molecule has 0 bridgehead atoms. The van der Waals surface area contributed by atoms with Crippen molar-refractivity contribution >= 4 is 93.8 Å². The van der Waals surface area contributed by atoms with Gasteiger partial charge in [-0.15, -0.1) is 0 Å². The number of amides is 11. The van der Waals surface area contributed by atoms with Crippen LogP contribution in [-0.4, -0.2) is 188 Å². The van der Waals surface area contributed by atoms with E-state index in [2.05, 4.69) is 58.2 Å². The Morgan fingerprint density at radius 3 is 1.44 bits per heavy atom. The van der Waals surface area contributed by atoms with E-state index in [4.69, 9.17) is 17.2 Å². The highest BCUT2D eigenvalue weighted by molar-refractivity contribution is 6.00. The number of carbonyl (C=O) groups is 14. The molecule has 32 nitrogen and oxygen atoms in total. The van der Waals surface area contributed by atoms with Gasteiger partial charge in [0.2, 0.25) is 65.0 Å². The lowest BCUT2D eigenvalue weighted by atomic mass is 9.96. The Morgan fingerprint density at radius 2 is 0.944 bits per heavy atom. The van der Waals surface area contributed by atoms with Crippen molar-refractivity contribution in [2.75, 3.05) is 13.2 Å². The molecule has 21 N–H and O–H groups in total. The number of primary amides is 1. The minimum atomic E-state index is -1.90. The second-order valence-electron chi connectivity index (χ2n) is 23.4. The van der Waals surface area contributed by atoms with Gasteiger partial charge < -0.3 is 95.8 Å². The van der Waals surface area contributed by atoms with E-state index in [0.29, 0.717) is 12.0 Å². The predicted molar refractivity (Wildman–Crippen MR) is 324 cm³/mol. The van der Waals surface area contributed by atoms with E-state index in [9.17, 15) is 87.5 Å². The van der Waals surface area contributed by atoms with Gasteiger partial charge in [0.05, 0.1) is 31.9 Å². The fourth-order valence-electron chi connectivity index (χ4n) is 9.20. The van der Waals surface area contributed by atoms with Crippen LogP contribution in [0, 0.1) is 23.7 Å². The van der Waals surface area contributed by atoms with E-state index >= 15 is 0 Å². The van der Waals surface area contributed by atoms with Gasteiger partial charge in [0.1, 0.15) is 60.4 Å². The number of nitrogens with two attached hydrogens (primary N) is 3. The number of hydrogen-bond donors (Lipinski definition) is 18. The number of aromatic nitrogens is 1. The summed E-state index contributed by atoms with van der Waals surface area (Å²) in [5, 5.41) is 63.8. The average Bonchev–Trinajstić information content (AvgIpc) is 1.82. The maximum Gasteiger partial charge on any atom is 0.326 e. The molecule has 2 aromatic rings. The highest BCUT2D eigenvalue weighted by atomic mass is 16.4. The topological polar surface area (TPSA) is 534 Å². The largest absolute Gasteiger partial charge is 0.481 e. The molecule has 11 amide bonds. The summed E-state index contributed by atoms with van der Waals surface area (Å²) in [6, 6.07) is -9.95. The van der Waals surface area contributed by atoms with E-state index in [-0.39, 0.29) is 56.9 Å². The summed E-state index contributed by atoms with van der Waals surface area (Å²) in [5.74, 6) is -17.9. The van der Waals surface area contributed by atoms with Crippen LogP contribution in [0.15, 0.2) is 30.5 Å². The van der Waals surface area contributed by atoms with Crippen molar-refractivity contribution in [1.82, 2.24) is 58.2 Å². The van der Waals surface area contributed by atoms with E-state index in [1.165, 1.54) is 13.8 Å². The average molecular weight is 1270 g/mol. The lowest BCUT2D eigenvalue weighted by Crippen LogP contribution is -2.61. The summed E-state index contributed by atoms with van der Waals surface area (Å²) in [6.07, 6.45) is -0.484. The van der Waals surface area contributed by atoms with Gasteiger partial charge in [-0.05, 0) is 87.3 Å². The van der Waals surface area contributed by atoms with Crippen LogP contribution in [0.4, 0.5) is 0 Å². The molecule has 0 saturated carbocycles. The molecular formula is C58H92N14O18. The molecule has 0 spiro atoms. The number of H-pyrrole nitrogens is 1. The Morgan fingerprint density at radius 1 is 0.511 bits per heavy atom. The summed E-state index contributed by atoms with van der Waals surface area (Å²) >= 11 is 0. The first-order chi connectivity index (χ1) is 42.1. The zero-order chi connectivity index (χ0) is 68.3. The van der Waals surface area contributed by atoms with Crippen LogP contribution in [0.25, 0.3) is 10.9 Å². The van der Waals surface area contributed by atoms with Crippen LogP contribution >= 0.6 is 0 Å². The molecule has 32 heteroatoms. The fourth-order valence-corrected chi connectivity index (χ4v) is 9.20. The number of rotatable bonds is 41. The number of aromatic amines is 1. The minimum absolute atomic E-state index is 0.0231. The summed E-state index contributed by atoms with van der Waals surface area (Å²) < 4.78 is 0. The smallest absolute Gasteiger partial charge is 0.326 e. The lowest BCUT2D eigenvalue weighted by molar-refractivity contribution is -0.145. The Bertz CT molecular complexity index is 2850. The molecule has 0 aliphatic rings. The first kappa shape index (κ1) is 77.3. The van der Waals surface area contributed by atoms with E-state index in [1.807, 2.05) is 18.2 Å². The number of para-hydroxylation sites is 1. The number of unbranched alkanes of at least 4 members (excludes halogenated alkanes) is 1. The number of benzene rings is 1. The lowest BCUT2D eigenvalue weighted by Gasteiger charge is -2.29. The molecule has 1 aromatic heterocycles. The van der Waals surface area contributed by atoms with Gasteiger partial charge in [-0.25, -0.2) is 4.79 Å². The Labute approximate surface area is 521 Å². The highest BCUT2D eigenvalue weighted by Gasteiger charge is 2.38. The molecule has 1 heterocycles. The number of nitrogens with one attached hydrogen (secondary N) is 11. The van der Waals surface area contributed by atoms with Crippen molar-refractivity contribution in [3.8, 4) is 0 Å².